The van der Waals surface area contributed by atoms with Crippen molar-refractivity contribution in [1.82, 2.24) is 0 Å². The number of rotatable bonds is 57. The van der Waals surface area contributed by atoms with Crippen LogP contribution >= 0.6 is 7.82 Å². The molecule has 0 aliphatic carbocycles. The summed E-state index contributed by atoms with van der Waals surface area (Å²) in [6.45, 7) is 4.18. The van der Waals surface area contributed by atoms with Crippen LogP contribution in [0.4, 0.5) is 0 Å². The van der Waals surface area contributed by atoms with Crippen LogP contribution < -0.4 is 4.89 Å². The number of likely N-dealkylation sites (N-methyl/N-ethyl adjacent to an activating group) is 1. The number of esters is 2. The summed E-state index contributed by atoms with van der Waals surface area (Å²) >= 11 is 0. The third-order valence-electron chi connectivity index (χ3n) is 13.6. The van der Waals surface area contributed by atoms with E-state index >= 15 is 0 Å². The van der Waals surface area contributed by atoms with Crippen molar-refractivity contribution in [1.29, 1.82) is 0 Å². The highest BCUT2D eigenvalue weighted by Gasteiger charge is 2.22. The van der Waals surface area contributed by atoms with Crippen LogP contribution in [0.5, 0.6) is 0 Å². The lowest BCUT2D eigenvalue weighted by Crippen LogP contribution is -2.37. The second kappa shape index (κ2) is 54.7. The molecule has 0 aromatic carbocycles. The van der Waals surface area contributed by atoms with Gasteiger partial charge < -0.3 is 27.9 Å². The summed E-state index contributed by atoms with van der Waals surface area (Å²) in [4.78, 5) is 37.9. The zero-order valence-corrected chi connectivity index (χ0v) is 49.5. The minimum Gasteiger partial charge on any atom is -0.756 e. The molecule has 0 spiro atoms. The SMILES string of the molecule is CC/C=C\C/C=C\C/C=C\C/C=C\CCCCCCCCCCCCCCCCCCCCC(=O)OC(COC(=O)CCCCCCCCCCCCCCCCCCCC)COP(=O)([O-])OCC[N+](C)(C)C. The molecule has 0 aliphatic rings. The molecule has 0 amide bonds. The van der Waals surface area contributed by atoms with Gasteiger partial charge in [0.1, 0.15) is 19.8 Å². The molecule has 0 fully saturated rings. The molecule has 2 unspecified atom stereocenters. The first-order chi connectivity index (χ1) is 35.5. The molecule has 73 heavy (non-hydrogen) atoms. The first-order valence-electron chi connectivity index (χ1n) is 30.8. The largest absolute Gasteiger partial charge is 0.756 e. The van der Waals surface area contributed by atoms with E-state index in [4.69, 9.17) is 18.5 Å². The molecule has 2 atom stereocenters. The second-order valence-electron chi connectivity index (χ2n) is 22.0. The van der Waals surface area contributed by atoms with E-state index in [1.165, 1.54) is 193 Å². The summed E-state index contributed by atoms with van der Waals surface area (Å²) in [5.41, 5.74) is 0. The van der Waals surface area contributed by atoms with E-state index < -0.39 is 26.5 Å². The van der Waals surface area contributed by atoms with E-state index in [-0.39, 0.29) is 32.0 Å². The quantitative estimate of drug-likeness (QED) is 0.0195. The Kier molecular flexibility index (Phi) is 53.2. The van der Waals surface area contributed by atoms with Crippen LogP contribution in [0.15, 0.2) is 48.6 Å². The van der Waals surface area contributed by atoms with E-state index in [2.05, 4.69) is 62.5 Å². The molecule has 0 N–H and O–H groups in total. The average Bonchev–Trinajstić information content (AvgIpc) is 3.35. The molecule has 0 rings (SSSR count). The van der Waals surface area contributed by atoms with Crippen LogP contribution in [-0.4, -0.2) is 70.0 Å². The molecule has 0 bridgehead atoms. The highest BCUT2D eigenvalue weighted by Crippen LogP contribution is 2.38. The number of allylic oxidation sites excluding steroid dienone is 8. The van der Waals surface area contributed by atoms with Crippen LogP contribution in [0.2, 0.25) is 0 Å². The van der Waals surface area contributed by atoms with Crippen molar-refractivity contribution in [2.75, 3.05) is 47.5 Å². The van der Waals surface area contributed by atoms with Gasteiger partial charge in [-0.15, -0.1) is 0 Å². The molecule has 0 aromatic heterocycles. The molecule has 0 radical (unpaired) electrons. The lowest BCUT2D eigenvalue weighted by Gasteiger charge is -2.28. The monoisotopic (exact) mass is 1050 g/mol. The maximum atomic E-state index is 12.8. The fourth-order valence-electron chi connectivity index (χ4n) is 8.89. The van der Waals surface area contributed by atoms with Gasteiger partial charge in [0.05, 0.1) is 27.7 Å². The third-order valence-corrected chi connectivity index (χ3v) is 14.6. The van der Waals surface area contributed by atoms with Crippen molar-refractivity contribution in [3.63, 3.8) is 0 Å². The van der Waals surface area contributed by atoms with Crippen LogP contribution in [0.1, 0.15) is 290 Å². The summed E-state index contributed by atoms with van der Waals surface area (Å²) in [5.74, 6) is -0.817. The van der Waals surface area contributed by atoms with Gasteiger partial charge in [0.2, 0.25) is 0 Å². The highest BCUT2D eigenvalue weighted by atomic mass is 31.2. The maximum Gasteiger partial charge on any atom is 0.306 e. The number of carbonyl (C=O) groups is 2. The van der Waals surface area contributed by atoms with Crippen LogP contribution in [-0.2, 0) is 32.7 Å². The van der Waals surface area contributed by atoms with Crippen molar-refractivity contribution in [2.45, 2.75) is 296 Å². The fourth-order valence-corrected chi connectivity index (χ4v) is 9.61. The van der Waals surface area contributed by atoms with E-state index in [9.17, 15) is 19.0 Å². The highest BCUT2D eigenvalue weighted by molar-refractivity contribution is 7.45. The van der Waals surface area contributed by atoms with Gasteiger partial charge >= 0.3 is 11.9 Å². The molecular formula is C63H118NO8P. The van der Waals surface area contributed by atoms with Gasteiger partial charge in [-0.3, -0.25) is 14.2 Å². The smallest absolute Gasteiger partial charge is 0.306 e. The van der Waals surface area contributed by atoms with Gasteiger partial charge in [-0.05, 0) is 51.4 Å². The average molecular weight is 1050 g/mol. The van der Waals surface area contributed by atoms with E-state index in [0.717, 1.165) is 64.2 Å². The Hall–Kier alpha value is -2.03. The van der Waals surface area contributed by atoms with Gasteiger partial charge in [-0.1, -0.05) is 274 Å². The number of ether oxygens (including phenoxy) is 2. The number of hydrogen-bond acceptors (Lipinski definition) is 8. The van der Waals surface area contributed by atoms with Crippen molar-refractivity contribution >= 4 is 19.8 Å². The molecule has 0 saturated heterocycles. The van der Waals surface area contributed by atoms with E-state index in [0.29, 0.717) is 17.4 Å². The Morgan fingerprint density at radius 1 is 0.438 bits per heavy atom. The zero-order chi connectivity index (χ0) is 53.5. The van der Waals surface area contributed by atoms with Crippen LogP contribution in [0, 0.1) is 0 Å². The first kappa shape index (κ1) is 71.0. The minimum absolute atomic E-state index is 0.0285. The molecule has 0 aliphatic heterocycles. The standard InChI is InChI=1S/C63H118NO8P/c1-6-8-10-12-14-16-18-20-22-24-26-27-28-29-30-31-32-33-34-35-36-37-38-40-42-44-46-48-50-52-54-56-63(66)72-61(60-71-73(67,68)70-58-57-64(3,4)5)59-69-62(65)55-53-51-49-47-45-43-41-39-25-23-21-19-17-15-13-11-9-7-2/h8,10,14,16,20,22,26-27,61H,6-7,9,11-13,15,17-19,21,23-25,28-60H2,1-5H3/b10-8-,16-14-,22-20-,27-26-. The van der Waals surface area contributed by atoms with Crippen molar-refractivity contribution < 1.29 is 42.1 Å². The minimum atomic E-state index is -4.63. The lowest BCUT2D eigenvalue weighted by molar-refractivity contribution is -0.870. The van der Waals surface area contributed by atoms with E-state index in [1.807, 2.05) is 21.1 Å². The number of phosphoric ester groups is 1. The predicted molar refractivity (Wildman–Crippen MR) is 310 cm³/mol. The Balaban J connectivity index is 4.04. The second-order valence-corrected chi connectivity index (χ2v) is 23.5. The third kappa shape index (κ3) is 59.1. The Bertz CT molecular complexity index is 1370. The molecule has 0 heterocycles. The zero-order valence-electron chi connectivity index (χ0n) is 48.6. The molecular weight excluding hydrogens is 930 g/mol. The summed E-state index contributed by atoms with van der Waals surface area (Å²) < 4.78 is 34.2. The number of unbranched alkanes of at least 4 members (excludes halogenated alkanes) is 35. The molecule has 9 nitrogen and oxygen atoms in total. The summed E-state index contributed by atoms with van der Waals surface area (Å²) in [5, 5.41) is 0. The summed E-state index contributed by atoms with van der Waals surface area (Å²) in [6, 6.07) is 0. The summed E-state index contributed by atoms with van der Waals surface area (Å²) in [7, 11) is 1.18. The molecule has 0 saturated carbocycles. The van der Waals surface area contributed by atoms with Crippen LogP contribution in [0.3, 0.4) is 0 Å². The fraction of sp³-hybridized carbons (Fsp3) is 0.841. The van der Waals surface area contributed by atoms with Crippen molar-refractivity contribution in [2.24, 2.45) is 0 Å². The number of hydrogen-bond donors (Lipinski definition) is 0. The normalized spacial score (nSPS) is 13.6. The molecule has 10 heteroatoms. The van der Waals surface area contributed by atoms with Gasteiger partial charge in [0.25, 0.3) is 7.82 Å². The number of carbonyl (C=O) groups excluding carboxylic acids is 2. The van der Waals surface area contributed by atoms with E-state index in [1.54, 1.807) is 0 Å². The van der Waals surface area contributed by atoms with Gasteiger partial charge in [0.15, 0.2) is 6.10 Å². The van der Waals surface area contributed by atoms with Crippen molar-refractivity contribution in [3.8, 4) is 0 Å². The van der Waals surface area contributed by atoms with Crippen LogP contribution in [0.25, 0.3) is 0 Å². The molecule has 0 aromatic rings. The Labute approximate surface area is 452 Å². The first-order valence-corrected chi connectivity index (χ1v) is 32.3. The lowest BCUT2D eigenvalue weighted by atomic mass is 10.0. The number of nitrogens with zero attached hydrogens (tertiary/aromatic N) is 1. The van der Waals surface area contributed by atoms with Gasteiger partial charge in [0, 0.05) is 12.8 Å². The Morgan fingerprint density at radius 3 is 1.16 bits per heavy atom. The topological polar surface area (TPSA) is 111 Å². The number of quaternary nitrogens is 1. The summed E-state index contributed by atoms with van der Waals surface area (Å²) in [6.07, 6.45) is 68.8. The maximum absolute atomic E-state index is 12.8. The van der Waals surface area contributed by atoms with Crippen molar-refractivity contribution in [3.05, 3.63) is 48.6 Å². The number of phosphoric acid groups is 1. The Morgan fingerprint density at radius 2 is 0.781 bits per heavy atom. The van der Waals surface area contributed by atoms with Gasteiger partial charge in [-0.2, -0.15) is 0 Å². The molecule has 428 valence electrons. The van der Waals surface area contributed by atoms with Gasteiger partial charge in [-0.25, -0.2) is 0 Å². The predicted octanol–water partition coefficient (Wildman–Crippen LogP) is 18.7.